The van der Waals surface area contributed by atoms with E-state index < -0.39 is 0 Å². The van der Waals surface area contributed by atoms with Crippen LogP contribution in [0.4, 0.5) is 5.69 Å². The molecule has 1 aromatic carbocycles. The molecule has 2 aliphatic rings. The number of rotatable bonds is 3. The van der Waals surface area contributed by atoms with Crippen molar-refractivity contribution >= 4 is 11.6 Å². The predicted octanol–water partition coefficient (Wildman–Crippen LogP) is 2.39. The van der Waals surface area contributed by atoms with Crippen LogP contribution in [-0.4, -0.2) is 22.1 Å². The van der Waals surface area contributed by atoms with Crippen LogP contribution in [0.1, 0.15) is 19.3 Å². The monoisotopic (exact) mass is 296 g/mol. The van der Waals surface area contributed by atoms with Crippen LogP contribution in [0.25, 0.3) is 11.3 Å². The molecule has 5 heteroatoms. The second kappa shape index (κ2) is 5.25. The average Bonchev–Trinajstić information content (AvgIpc) is 3.25. The highest BCUT2D eigenvalue weighted by Gasteiger charge is 2.49. The number of nitrogens with one attached hydrogen (secondary N) is 2. The summed E-state index contributed by atoms with van der Waals surface area (Å²) in [6.45, 7) is 0. The molecule has 0 radical (unpaired) electrons. The molecular formula is C17H20N4O. The highest BCUT2D eigenvalue weighted by Crippen LogP contribution is 2.47. The number of hydrogen-bond acceptors (Lipinski definition) is 3. The first-order valence-electron chi connectivity index (χ1n) is 7.88. The van der Waals surface area contributed by atoms with Crippen molar-refractivity contribution in [2.75, 3.05) is 5.32 Å². The summed E-state index contributed by atoms with van der Waals surface area (Å²) in [4.78, 5) is 12.5. The van der Waals surface area contributed by atoms with Crippen LogP contribution in [0.2, 0.25) is 0 Å². The van der Waals surface area contributed by atoms with Crippen LogP contribution in [0, 0.1) is 17.8 Å². The lowest BCUT2D eigenvalue weighted by molar-refractivity contribution is -0.121. The van der Waals surface area contributed by atoms with E-state index in [1.165, 1.54) is 6.42 Å². The largest absolute Gasteiger partial charge is 0.327 e. The third kappa shape index (κ3) is 2.22. The summed E-state index contributed by atoms with van der Waals surface area (Å²) in [5.74, 6) is 1.08. The second-order valence-corrected chi connectivity index (χ2v) is 6.47. The first-order chi connectivity index (χ1) is 10.7. The Morgan fingerprint density at radius 2 is 1.95 bits per heavy atom. The summed E-state index contributed by atoms with van der Waals surface area (Å²) < 4.78 is 0. The molecule has 4 atom stereocenters. The molecule has 114 valence electrons. The Hall–Kier alpha value is -2.14. The first kappa shape index (κ1) is 13.5. The van der Waals surface area contributed by atoms with Crippen LogP contribution in [-0.2, 0) is 4.79 Å². The predicted molar refractivity (Wildman–Crippen MR) is 84.9 cm³/mol. The molecule has 1 heterocycles. The average molecular weight is 296 g/mol. The fraction of sp³-hybridized carbons (Fsp3) is 0.412. The number of carbonyl (C=O) groups is 1. The minimum absolute atomic E-state index is 0.0222. The minimum atomic E-state index is -0.0222. The maximum atomic E-state index is 12.5. The van der Waals surface area contributed by atoms with E-state index in [1.807, 2.05) is 30.3 Å². The van der Waals surface area contributed by atoms with Crippen molar-refractivity contribution in [3.05, 3.63) is 36.5 Å². The molecule has 4 rings (SSSR count). The molecule has 2 saturated carbocycles. The van der Waals surface area contributed by atoms with Gasteiger partial charge in [0, 0.05) is 17.9 Å². The van der Waals surface area contributed by atoms with Gasteiger partial charge in [-0.15, -0.1) is 0 Å². The summed E-state index contributed by atoms with van der Waals surface area (Å²) in [7, 11) is 0. The van der Waals surface area contributed by atoms with E-state index in [2.05, 4.69) is 15.5 Å². The maximum Gasteiger partial charge on any atom is 0.229 e. The number of fused-ring (bicyclic) bond motifs is 2. The summed E-state index contributed by atoms with van der Waals surface area (Å²) in [6.07, 6.45) is 5.18. The van der Waals surface area contributed by atoms with Gasteiger partial charge in [0.1, 0.15) is 0 Å². The molecule has 4 unspecified atom stereocenters. The van der Waals surface area contributed by atoms with Gasteiger partial charge in [-0.05, 0) is 54.9 Å². The van der Waals surface area contributed by atoms with E-state index in [0.29, 0.717) is 11.8 Å². The Bertz CT molecular complexity index is 662. The number of H-pyrrole nitrogens is 1. The van der Waals surface area contributed by atoms with Crippen molar-refractivity contribution in [1.82, 2.24) is 10.2 Å². The molecule has 2 fully saturated rings. The number of amides is 1. The van der Waals surface area contributed by atoms with Crippen molar-refractivity contribution in [2.45, 2.75) is 25.3 Å². The second-order valence-electron chi connectivity index (χ2n) is 6.47. The summed E-state index contributed by atoms with van der Waals surface area (Å²) in [6, 6.07) is 9.75. The van der Waals surface area contributed by atoms with E-state index >= 15 is 0 Å². The lowest BCUT2D eigenvalue weighted by Crippen LogP contribution is -2.42. The first-order valence-corrected chi connectivity index (χ1v) is 7.88. The van der Waals surface area contributed by atoms with E-state index in [0.717, 1.165) is 29.8 Å². The Kier molecular flexibility index (Phi) is 3.22. The topological polar surface area (TPSA) is 83.8 Å². The van der Waals surface area contributed by atoms with Crippen LogP contribution in [0.5, 0.6) is 0 Å². The SMILES string of the molecule is NC1C2CCC(C2)C1C(=O)Nc1ccc(-c2ccn[nH]2)cc1. The van der Waals surface area contributed by atoms with Crippen molar-refractivity contribution < 1.29 is 4.79 Å². The van der Waals surface area contributed by atoms with Gasteiger partial charge in [-0.3, -0.25) is 9.89 Å². The fourth-order valence-electron chi connectivity index (χ4n) is 4.10. The number of aromatic nitrogens is 2. The van der Waals surface area contributed by atoms with Gasteiger partial charge in [-0.2, -0.15) is 5.10 Å². The summed E-state index contributed by atoms with van der Waals surface area (Å²) >= 11 is 0. The fourth-order valence-corrected chi connectivity index (χ4v) is 4.10. The van der Waals surface area contributed by atoms with E-state index in [1.54, 1.807) is 6.20 Å². The lowest BCUT2D eigenvalue weighted by atomic mass is 9.84. The van der Waals surface area contributed by atoms with Gasteiger partial charge in [-0.25, -0.2) is 0 Å². The van der Waals surface area contributed by atoms with Gasteiger partial charge >= 0.3 is 0 Å². The van der Waals surface area contributed by atoms with Gasteiger partial charge in [0.05, 0.1) is 11.6 Å². The molecule has 0 saturated heterocycles. The van der Waals surface area contributed by atoms with Gasteiger partial charge in [0.15, 0.2) is 0 Å². The zero-order valence-electron chi connectivity index (χ0n) is 12.3. The van der Waals surface area contributed by atoms with Crippen molar-refractivity contribution in [3.63, 3.8) is 0 Å². The standard InChI is InChI=1S/C17H20N4O/c18-16-12-2-1-11(9-12)15(16)17(22)20-13-5-3-10(4-6-13)14-7-8-19-21-14/h3-8,11-12,15-16H,1-2,9,18H2,(H,19,21)(H,20,22). The zero-order valence-corrected chi connectivity index (χ0v) is 12.3. The molecule has 0 aliphatic heterocycles. The van der Waals surface area contributed by atoms with Crippen LogP contribution in [0.3, 0.4) is 0 Å². The quantitative estimate of drug-likeness (QED) is 0.813. The maximum absolute atomic E-state index is 12.5. The Labute approximate surface area is 129 Å². The molecule has 22 heavy (non-hydrogen) atoms. The summed E-state index contributed by atoms with van der Waals surface area (Å²) in [5.41, 5.74) is 9.07. The molecule has 5 nitrogen and oxygen atoms in total. The van der Waals surface area contributed by atoms with Gasteiger partial charge in [0.25, 0.3) is 0 Å². The van der Waals surface area contributed by atoms with Crippen molar-refractivity contribution in [3.8, 4) is 11.3 Å². The Morgan fingerprint density at radius 3 is 2.59 bits per heavy atom. The highest BCUT2D eigenvalue weighted by atomic mass is 16.2. The third-order valence-corrected chi connectivity index (χ3v) is 5.25. The number of benzene rings is 1. The molecule has 2 bridgehead atoms. The molecular weight excluding hydrogens is 276 g/mol. The van der Waals surface area contributed by atoms with Gasteiger partial charge in [0.2, 0.25) is 5.91 Å². The smallest absolute Gasteiger partial charge is 0.229 e. The molecule has 1 amide bonds. The van der Waals surface area contributed by atoms with Crippen LogP contribution < -0.4 is 11.1 Å². The van der Waals surface area contributed by atoms with Crippen LogP contribution >= 0.6 is 0 Å². The van der Waals surface area contributed by atoms with Crippen molar-refractivity contribution in [1.29, 1.82) is 0 Å². The highest BCUT2D eigenvalue weighted by molar-refractivity contribution is 5.93. The Morgan fingerprint density at radius 1 is 1.18 bits per heavy atom. The number of nitrogens with zero attached hydrogens (tertiary/aromatic N) is 1. The zero-order chi connectivity index (χ0) is 15.1. The third-order valence-electron chi connectivity index (χ3n) is 5.25. The molecule has 0 spiro atoms. The minimum Gasteiger partial charge on any atom is -0.327 e. The number of nitrogens with two attached hydrogens (primary N) is 1. The van der Waals surface area contributed by atoms with Crippen molar-refractivity contribution in [2.24, 2.45) is 23.5 Å². The van der Waals surface area contributed by atoms with Crippen LogP contribution in [0.15, 0.2) is 36.5 Å². The Balaban J connectivity index is 1.46. The van der Waals surface area contributed by atoms with Gasteiger partial charge < -0.3 is 11.1 Å². The van der Waals surface area contributed by atoms with Gasteiger partial charge in [-0.1, -0.05) is 12.1 Å². The number of aromatic amines is 1. The number of carbonyl (C=O) groups excluding carboxylic acids is 1. The van der Waals surface area contributed by atoms with E-state index in [-0.39, 0.29) is 17.9 Å². The number of hydrogen-bond donors (Lipinski definition) is 3. The molecule has 1 aromatic heterocycles. The normalized spacial score (nSPS) is 29.7. The molecule has 4 N–H and O–H groups in total. The number of anilines is 1. The molecule has 2 aromatic rings. The van der Waals surface area contributed by atoms with E-state index in [9.17, 15) is 4.79 Å². The van der Waals surface area contributed by atoms with E-state index in [4.69, 9.17) is 5.73 Å². The molecule has 2 aliphatic carbocycles. The summed E-state index contributed by atoms with van der Waals surface area (Å²) in [5, 5.41) is 9.90. The lowest BCUT2D eigenvalue weighted by Gasteiger charge is -2.27.